The summed E-state index contributed by atoms with van der Waals surface area (Å²) >= 11 is 0. The second-order valence-corrected chi connectivity index (χ2v) is 9.47. The Kier molecular flexibility index (Phi) is 7.59. The van der Waals surface area contributed by atoms with Crippen molar-refractivity contribution in [2.45, 2.75) is 69.9 Å². The van der Waals surface area contributed by atoms with E-state index in [0.29, 0.717) is 18.5 Å². The zero-order chi connectivity index (χ0) is 22.5. The molecule has 10 heteroatoms. The number of imide groups is 1. The van der Waals surface area contributed by atoms with E-state index in [9.17, 15) is 22.8 Å². The van der Waals surface area contributed by atoms with Gasteiger partial charge in [0.1, 0.15) is 12.1 Å². The Morgan fingerprint density at radius 2 is 1.67 bits per heavy atom. The molecule has 2 rings (SSSR count). The lowest BCUT2D eigenvalue weighted by Gasteiger charge is -2.25. The maximum absolute atomic E-state index is 12.8. The van der Waals surface area contributed by atoms with Gasteiger partial charge in [-0.25, -0.2) is 17.9 Å². The number of carbonyl (C=O) groups excluding carboxylic acids is 3. The average molecular weight is 439 g/mol. The third-order valence-corrected chi connectivity index (χ3v) is 6.41. The van der Waals surface area contributed by atoms with E-state index in [1.807, 2.05) is 13.8 Å². The van der Waals surface area contributed by atoms with E-state index in [1.165, 1.54) is 24.3 Å². The quantitative estimate of drug-likeness (QED) is 0.483. The van der Waals surface area contributed by atoms with Crippen LogP contribution in [0.4, 0.5) is 10.5 Å². The maximum Gasteiger partial charge on any atom is 0.325 e. The number of nitrogens with zero attached hydrogens (tertiary/aromatic N) is 1. The number of hydrogen-bond acceptors (Lipinski definition) is 5. The monoisotopic (exact) mass is 438 g/mol. The molecule has 1 fully saturated rings. The van der Waals surface area contributed by atoms with Crippen molar-refractivity contribution in [1.82, 2.24) is 14.9 Å². The molecule has 0 atom stereocenters. The smallest absolute Gasteiger partial charge is 0.325 e. The third-order valence-electron chi connectivity index (χ3n) is 4.74. The average Bonchev–Trinajstić information content (AvgIpc) is 2.86. The van der Waals surface area contributed by atoms with Crippen molar-refractivity contribution in [2.24, 2.45) is 0 Å². The molecule has 1 saturated heterocycles. The molecule has 1 aliphatic rings. The van der Waals surface area contributed by atoms with Gasteiger partial charge in [0.15, 0.2) is 0 Å². The molecule has 1 aliphatic heterocycles. The molecule has 1 aromatic rings. The molecule has 9 nitrogen and oxygen atoms in total. The highest BCUT2D eigenvalue weighted by atomic mass is 32.2. The van der Waals surface area contributed by atoms with Gasteiger partial charge in [0, 0.05) is 11.7 Å². The van der Waals surface area contributed by atoms with E-state index in [-0.39, 0.29) is 16.8 Å². The van der Waals surface area contributed by atoms with Crippen molar-refractivity contribution in [3.8, 4) is 0 Å². The van der Waals surface area contributed by atoms with Crippen molar-refractivity contribution >= 4 is 33.6 Å². The van der Waals surface area contributed by atoms with E-state index < -0.39 is 34.0 Å². The number of urea groups is 1. The van der Waals surface area contributed by atoms with Gasteiger partial charge in [0.05, 0.1) is 4.90 Å². The molecule has 0 radical (unpaired) electrons. The molecule has 0 bridgehead atoms. The first-order chi connectivity index (χ1) is 14.0. The second kappa shape index (κ2) is 9.57. The predicted octanol–water partition coefficient (Wildman–Crippen LogP) is 2.20. The van der Waals surface area contributed by atoms with Crippen LogP contribution in [-0.4, -0.2) is 49.3 Å². The Hall–Kier alpha value is -2.46. The van der Waals surface area contributed by atoms with Crippen molar-refractivity contribution < 1.29 is 22.8 Å². The molecule has 30 heavy (non-hydrogen) atoms. The van der Waals surface area contributed by atoms with Gasteiger partial charge < -0.3 is 10.6 Å². The zero-order valence-electron chi connectivity index (χ0n) is 17.8. The van der Waals surface area contributed by atoms with Crippen molar-refractivity contribution in [3.05, 3.63) is 24.3 Å². The summed E-state index contributed by atoms with van der Waals surface area (Å²) in [4.78, 5) is 38.6. The van der Waals surface area contributed by atoms with Gasteiger partial charge >= 0.3 is 6.03 Å². The molecule has 0 aliphatic carbocycles. The summed E-state index contributed by atoms with van der Waals surface area (Å²) in [5, 5.41) is 5.35. The van der Waals surface area contributed by atoms with Crippen molar-refractivity contribution in [3.63, 3.8) is 0 Å². The van der Waals surface area contributed by atoms with Gasteiger partial charge in [0.25, 0.3) is 5.91 Å². The normalized spacial score (nSPS) is 16.1. The summed E-state index contributed by atoms with van der Waals surface area (Å²) in [5.74, 6) is -0.925. The SMILES string of the molecule is CCCC1(CCC)NC(=O)N(CC(=O)Nc2ccc(S(=O)(=O)NC(C)C)cc2)C1=O. The van der Waals surface area contributed by atoms with Crippen LogP contribution in [0.2, 0.25) is 0 Å². The highest BCUT2D eigenvalue weighted by molar-refractivity contribution is 7.89. The largest absolute Gasteiger partial charge is 0.325 e. The van der Waals surface area contributed by atoms with Crippen LogP contribution in [0.5, 0.6) is 0 Å². The van der Waals surface area contributed by atoms with Crippen LogP contribution in [0.25, 0.3) is 0 Å². The number of carbonyl (C=O) groups is 3. The summed E-state index contributed by atoms with van der Waals surface area (Å²) in [6.07, 6.45) is 2.49. The summed E-state index contributed by atoms with van der Waals surface area (Å²) in [6, 6.07) is 4.85. The summed E-state index contributed by atoms with van der Waals surface area (Å²) < 4.78 is 26.8. The van der Waals surface area contributed by atoms with Gasteiger partial charge in [-0.05, 0) is 51.0 Å². The Morgan fingerprint density at radius 1 is 1.10 bits per heavy atom. The van der Waals surface area contributed by atoms with Gasteiger partial charge in [-0.1, -0.05) is 26.7 Å². The molecule has 1 aromatic carbocycles. The van der Waals surface area contributed by atoms with Crippen molar-refractivity contribution in [1.29, 1.82) is 0 Å². The minimum atomic E-state index is -3.63. The van der Waals surface area contributed by atoms with Crippen molar-refractivity contribution in [2.75, 3.05) is 11.9 Å². The third kappa shape index (κ3) is 5.37. The molecule has 0 aromatic heterocycles. The van der Waals surface area contributed by atoms with Crippen LogP contribution in [0.1, 0.15) is 53.4 Å². The number of nitrogens with one attached hydrogen (secondary N) is 3. The predicted molar refractivity (Wildman–Crippen MR) is 113 cm³/mol. The van der Waals surface area contributed by atoms with Crippen LogP contribution in [0, 0.1) is 0 Å². The van der Waals surface area contributed by atoms with E-state index in [1.54, 1.807) is 13.8 Å². The fourth-order valence-electron chi connectivity index (χ4n) is 3.58. The number of sulfonamides is 1. The van der Waals surface area contributed by atoms with Gasteiger partial charge in [-0.2, -0.15) is 0 Å². The first-order valence-electron chi connectivity index (χ1n) is 10.1. The molecule has 0 saturated carbocycles. The Labute approximate surface area is 177 Å². The molecule has 3 N–H and O–H groups in total. The molecular weight excluding hydrogens is 408 g/mol. The maximum atomic E-state index is 12.8. The van der Waals surface area contributed by atoms with Crippen LogP contribution < -0.4 is 15.4 Å². The Bertz CT molecular complexity index is 890. The Morgan fingerprint density at radius 3 is 2.17 bits per heavy atom. The topological polar surface area (TPSA) is 125 Å². The summed E-state index contributed by atoms with van der Waals surface area (Å²) in [6.45, 7) is 6.91. The minimum absolute atomic E-state index is 0.0761. The fourth-order valence-corrected chi connectivity index (χ4v) is 4.83. The number of benzene rings is 1. The lowest BCUT2D eigenvalue weighted by atomic mass is 9.88. The standard InChI is InChI=1S/C20H30N4O5S/c1-5-11-20(12-6-2)18(26)24(19(27)22-20)13-17(25)21-15-7-9-16(10-8-15)30(28,29)23-14(3)4/h7-10,14,23H,5-6,11-13H2,1-4H3,(H,21,25)(H,22,27). The minimum Gasteiger partial charge on any atom is -0.325 e. The fraction of sp³-hybridized carbons (Fsp3) is 0.550. The van der Waals surface area contributed by atoms with E-state index in [0.717, 1.165) is 17.7 Å². The first-order valence-corrected chi connectivity index (χ1v) is 11.6. The molecule has 1 heterocycles. The number of amides is 4. The van der Waals surface area contributed by atoms with E-state index in [2.05, 4.69) is 15.4 Å². The molecule has 0 unspecified atom stereocenters. The molecule has 166 valence electrons. The Balaban J connectivity index is 2.05. The number of anilines is 1. The summed E-state index contributed by atoms with van der Waals surface area (Å²) in [7, 11) is -3.63. The van der Waals surface area contributed by atoms with Crippen LogP contribution in [-0.2, 0) is 19.6 Å². The van der Waals surface area contributed by atoms with Crippen LogP contribution >= 0.6 is 0 Å². The van der Waals surface area contributed by atoms with Gasteiger partial charge in [-0.3, -0.25) is 14.5 Å². The molecular formula is C20H30N4O5S. The highest BCUT2D eigenvalue weighted by Crippen LogP contribution is 2.28. The van der Waals surface area contributed by atoms with E-state index in [4.69, 9.17) is 0 Å². The second-order valence-electron chi connectivity index (χ2n) is 7.75. The molecule has 4 amide bonds. The first kappa shape index (κ1) is 23.8. The number of rotatable bonds is 10. The van der Waals surface area contributed by atoms with E-state index >= 15 is 0 Å². The lowest BCUT2D eigenvalue weighted by molar-refractivity contribution is -0.134. The van der Waals surface area contributed by atoms with Crippen LogP contribution in [0.15, 0.2) is 29.2 Å². The van der Waals surface area contributed by atoms with Crippen LogP contribution in [0.3, 0.4) is 0 Å². The van der Waals surface area contributed by atoms with Gasteiger partial charge in [0.2, 0.25) is 15.9 Å². The summed E-state index contributed by atoms with van der Waals surface area (Å²) in [5.41, 5.74) is -0.579. The molecule has 0 spiro atoms. The van der Waals surface area contributed by atoms with Gasteiger partial charge in [-0.15, -0.1) is 0 Å². The lowest BCUT2D eigenvalue weighted by Crippen LogP contribution is -2.47. The highest BCUT2D eigenvalue weighted by Gasteiger charge is 2.50. The number of hydrogen-bond donors (Lipinski definition) is 3. The zero-order valence-corrected chi connectivity index (χ0v) is 18.6.